The Morgan fingerprint density at radius 1 is 1.12 bits per heavy atom. The van der Waals surface area contributed by atoms with Crippen molar-refractivity contribution in [2.45, 2.75) is 63.1 Å². The van der Waals surface area contributed by atoms with Gasteiger partial charge in [0.2, 0.25) is 0 Å². The predicted octanol–water partition coefficient (Wildman–Crippen LogP) is 1.71. The number of likely N-dealkylation sites (N-methyl/N-ethyl adjacent to an activating group) is 2. The van der Waals surface area contributed by atoms with Gasteiger partial charge in [-0.25, -0.2) is 0 Å². The second-order valence-electron chi connectivity index (χ2n) is 5.99. The van der Waals surface area contributed by atoms with E-state index in [1.165, 1.54) is 45.1 Å². The molecule has 1 N–H and O–H groups in total. The average molecular weight is 240 g/mol. The first-order valence-electron chi connectivity index (χ1n) is 7.27. The van der Waals surface area contributed by atoms with Gasteiger partial charge < -0.3 is 10.0 Å². The van der Waals surface area contributed by atoms with Crippen LogP contribution in [0.4, 0.5) is 0 Å². The Morgan fingerprint density at radius 3 is 2.59 bits per heavy atom. The molecule has 3 unspecified atom stereocenters. The minimum atomic E-state index is -0.103. The third kappa shape index (κ3) is 3.43. The monoisotopic (exact) mass is 240 g/mol. The molecule has 0 radical (unpaired) electrons. The SMILES string of the molecule is CN1CCCC1CN(C)C1CCCCCC1O. The van der Waals surface area contributed by atoms with Crippen LogP contribution in [0.15, 0.2) is 0 Å². The van der Waals surface area contributed by atoms with Gasteiger partial charge >= 0.3 is 0 Å². The number of likely N-dealkylation sites (tertiary alicyclic amines) is 1. The highest BCUT2D eigenvalue weighted by Gasteiger charge is 2.29. The maximum absolute atomic E-state index is 10.2. The fourth-order valence-corrected chi connectivity index (χ4v) is 3.46. The molecule has 3 heteroatoms. The number of aliphatic hydroxyl groups is 1. The Bertz CT molecular complexity index is 234. The lowest BCUT2D eigenvalue weighted by molar-refractivity contribution is 0.0475. The summed E-state index contributed by atoms with van der Waals surface area (Å²) in [7, 11) is 4.43. The van der Waals surface area contributed by atoms with Gasteiger partial charge in [0.15, 0.2) is 0 Å². The first-order chi connectivity index (χ1) is 8.18. The highest BCUT2D eigenvalue weighted by molar-refractivity contribution is 4.85. The molecule has 0 aromatic rings. The van der Waals surface area contributed by atoms with Crippen LogP contribution in [-0.4, -0.2) is 60.3 Å². The molecule has 2 aliphatic rings. The second kappa shape index (κ2) is 6.17. The van der Waals surface area contributed by atoms with Crippen LogP contribution in [-0.2, 0) is 0 Å². The minimum Gasteiger partial charge on any atom is -0.391 e. The number of rotatable bonds is 3. The van der Waals surface area contributed by atoms with E-state index in [4.69, 9.17) is 0 Å². The summed E-state index contributed by atoms with van der Waals surface area (Å²) in [6.45, 7) is 2.37. The zero-order valence-electron chi connectivity index (χ0n) is 11.4. The number of nitrogens with zero attached hydrogens (tertiary/aromatic N) is 2. The van der Waals surface area contributed by atoms with E-state index in [1.54, 1.807) is 0 Å². The highest BCUT2D eigenvalue weighted by atomic mass is 16.3. The van der Waals surface area contributed by atoms with Crippen LogP contribution in [0, 0.1) is 0 Å². The molecule has 0 aromatic carbocycles. The first kappa shape index (κ1) is 13.3. The largest absolute Gasteiger partial charge is 0.391 e. The van der Waals surface area contributed by atoms with Gasteiger partial charge in [0.25, 0.3) is 0 Å². The molecule has 1 heterocycles. The van der Waals surface area contributed by atoms with E-state index in [2.05, 4.69) is 23.9 Å². The lowest BCUT2D eigenvalue weighted by Gasteiger charge is -2.34. The van der Waals surface area contributed by atoms with Crippen LogP contribution in [0.5, 0.6) is 0 Å². The van der Waals surface area contributed by atoms with E-state index in [-0.39, 0.29) is 6.10 Å². The lowest BCUT2D eigenvalue weighted by atomic mass is 10.0. The molecule has 17 heavy (non-hydrogen) atoms. The number of aliphatic hydroxyl groups excluding tert-OH is 1. The Balaban J connectivity index is 1.86. The Morgan fingerprint density at radius 2 is 1.88 bits per heavy atom. The van der Waals surface area contributed by atoms with E-state index in [0.29, 0.717) is 12.1 Å². The van der Waals surface area contributed by atoms with Crippen LogP contribution < -0.4 is 0 Å². The van der Waals surface area contributed by atoms with Gasteiger partial charge in [-0.05, 0) is 46.3 Å². The van der Waals surface area contributed by atoms with Crippen LogP contribution in [0.25, 0.3) is 0 Å². The van der Waals surface area contributed by atoms with E-state index in [9.17, 15) is 5.11 Å². The van der Waals surface area contributed by atoms with Crippen molar-refractivity contribution in [2.24, 2.45) is 0 Å². The minimum absolute atomic E-state index is 0.103. The van der Waals surface area contributed by atoms with Crippen LogP contribution >= 0.6 is 0 Å². The topological polar surface area (TPSA) is 26.7 Å². The van der Waals surface area contributed by atoms with Gasteiger partial charge in [-0.3, -0.25) is 4.90 Å². The van der Waals surface area contributed by atoms with Crippen molar-refractivity contribution in [3.63, 3.8) is 0 Å². The summed E-state index contributed by atoms with van der Waals surface area (Å²) in [5.41, 5.74) is 0. The van der Waals surface area contributed by atoms with Gasteiger partial charge in [-0.2, -0.15) is 0 Å². The lowest BCUT2D eigenvalue weighted by Crippen LogP contribution is -2.46. The van der Waals surface area contributed by atoms with Gasteiger partial charge in [0.05, 0.1) is 6.10 Å². The molecule has 100 valence electrons. The first-order valence-corrected chi connectivity index (χ1v) is 7.27. The fourth-order valence-electron chi connectivity index (χ4n) is 3.46. The van der Waals surface area contributed by atoms with Crippen molar-refractivity contribution < 1.29 is 5.11 Å². The molecule has 1 aliphatic heterocycles. The van der Waals surface area contributed by atoms with Gasteiger partial charge in [-0.15, -0.1) is 0 Å². The molecule has 1 saturated heterocycles. The number of hydrogen-bond donors (Lipinski definition) is 1. The van der Waals surface area contributed by atoms with E-state index < -0.39 is 0 Å². The average Bonchev–Trinajstić information content (AvgIpc) is 2.57. The summed E-state index contributed by atoms with van der Waals surface area (Å²) >= 11 is 0. The van der Waals surface area contributed by atoms with Gasteiger partial charge in [-0.1, -0.05) is 19.3 Å². The van der Waals surface area contributed by atoms with Crippen molar-refractivity contribution in [1.82, 2.24) is 9.80 Å². The summed E-state index contributed by atoms with van der Waals surface area (Å²) in [6, 6.07) is 1.10. The Labute approximate surface area is 106 Å². The van der Waals surface area contributed by atoms with E-state index in [0.717, 1.165) is 13.0 Å². The molecule has 2 rings (SSSR count). The smallest absolute Gasteiger partial charge is 0.0695 e. The molecule has 1 saturated carbocycles. The van der Waals surface area contributed by atoms with Crippen molar-refractivity contribution in [3.05, 3.63) is 0 Å². The summed E-state index contributed by atoms with van der Waals surface area (Å²) in [6.07, 6.45) is 8.51. The maximum atomic E-state index is 10.2. The zero-order valence-corrected chi connectivity index (χ0v) is 11.4. The van der Waals surface area contributed by atoms with Gasteiger partial charge in [0, 0.05) is 18.6 Å². The molecule has 3 nitrogen and oxygen atoms in total. The summed E-state index contributed by atoms with van der Waals surface area (Å²) in [4.78, 5) is 4.89. The summed E-state index contributed by atoms with van der Waals surface area (Å²) in [5, 5.41) is 10.2. The third-order valence-electron chi connectivity index (χ3n) is 4.68. The van der Waals surface area contributed by atoms with E-state index >= 15 is 0 Å². The normalized spacial score (nSPS) is 36.4. The second-order valence-corrected chi connectivity index (χ2v) is 5.99. The maximum Gasteiger partial charge on any atom is 0.0695 e. The molecule has 1 aliphatic carbocycles. The van der Waals surface area contributed by atoms with Crippen LogP contribution in [0.1, 0.15) is 44.9 Å². The van der Waals surface area contributed by atoms with Gasteiger partial charge in [0.1, 0.15) is 0 Å². The molecule has 0 bridgehead atoms. The predicted molar refractivity (Wildman–Crippen MR) is 71.2 cm³/mol. The number of hydrogen-bond acceptors (Lipinski definition) is 3. The molecule has 3 atom stereocenters. The van der Waals surface area contributed by atoms with Crippen molar-refractivity contribution >= 4 is 0 Å². The van der Waals surface area contributed by atoms with E-state index in [1.807, 2.05) is 0 Å². The molecule has 0 spiro atoms. The molecule has 2 fully saturated rings. The standard InChI is InChI=1S/C14H28N2O/c1-15-10-6-7-12(15)11-16(2)13-8-4-3-5-9-14(13)17/h12-14,17H,3-11H2,1-2H3. The van der Waals surface area contributed by atoms with Crippen LogP contribution in [0.2, 0.25) is 0 Å². The molecular formula is C14H28N2O. The van der Waals surface area contributed by atoms with Crippen molar-refractivity contribution in [2.75, 3.05) is 27.2 Å². The van der Waals surface area contributed by atoms with Crippen molar-refractivity contribution in [3.8, 4) is 0 Å². The summed E-state index contributed by atoms with van der Waals surface area (Å²) < 4.78 is 0. The molecule has 0 amide bonds. The van der Waals surface area contributed by atoms with Crippen LogP contribution in [0.3, 0.4) is 0 Å². The Hall–Kier alpha value is -0.120. The zero-order chi connectivity index (χ0) is 12.3. The summed E-state index contributed by atoms with van der Waals surface area (Å²) in [5.74, 6) is 0. The fraction of sp³-hybridized carbons (Fsp3) is 1.00. The third-order valence-corrected chi connectivity index (χ3v) is 4.68. The molecule has 0 aromatic heterocycles. The quantitative estimate of drug-likeness (QED) is 0.761. The highest BCUT2D eigenvalue weighted by Crippen LogP contribution is 2.23. The molecular weight excluding hydrogens is 212 g/mol. The Kier molecular flexibility index (Phi) is 4.83. The van der Waals surface area contributed by atoms with Crippen molar-refractivity contribution in [1.29, 1.82) is 0 Å².